The maximum Gasteiger partial charge on any atom is 0.490 e. The van der Waals surface area contributed by atoms with E-state index in [0.29, 0.717) is 12.2 Å². The highest BCUT2D eigenvalue weighted by atomic mass is 19.4. The molecule has 3 N–H and O–H groups in total. The van der Waals surface area contributed by atoms with E-state index >= 15 is 0 Å². The summed E-state index contributed by atoms with van der Waals surface area (Å²) in [6.45, 7) is 1.16. The molecular formula is C18H18F6N4O3. The van der Waals surface area contributed by atoms with Crippen LogP contribution in [0, 0.1) is 0 Å². The van der Waals surface area contributed by atoms with E-state index in [0.717, 1.165) is 30.3 Å². The lowest BCUT2D eigenvalue weighted by atomic mass is 10.2. The van der Waals surface area contributed by atoms with Gasteiger partial charge in [0.1, 0.15) is 0 Å². The number of carbonyl (C=O) groups is 2. The summed E-state index contributed by atoms with van der Waals surface area (Å²) in [6.07, 6.45) is -6.76. The second-order valence-corrected chi connectivity index (χ2v) is 6.48. The Morgan fingerprint density at radius 2 is 1.77 bits per heavy atom. The third kappa shape index (κ3) is 6.98. The van der Waals surface area contributed by atoms with Crippen LogP contribution >= 0.6 is 0 Å². The molecule has 1 fully saturated rings. The molecule has 2 aromatic rings. The number of para-hydroxylation sites is 1. The number of carboxylic acids is 1. The Labute approximate surface area is 172 Å². The number of carboxylic acid groups (broad SMARTS) is 1. The Morgan fingerprint density at radius 3 is 2.26 bits per heavy atom. The number of halogens is 6. The number of carbonyl (C=O) groups excluding carboxylic acids is 1. The highest BCUT2D eigenvalue weighted by Gasteiger charge is 2.39. The van der Waals surface area contributed by atoms with Crippen LogP contribution in [0.3, 0.4) is 0 Å². The summed E-state index contributed by atoms with van der Waals surface area (Å²) in [5.41, 5.74) is -1.19. The largest absolute Gasteiger partial charge is 0.490 e. The Bertz CT molecular complexity index is 890. The van der Waals surface area contributed by atoms with Gasteiger partial charge >= 0.3 is 18.3 Å². The molecule has 0 radical (unpaired) electrons. The number of aliphatic carboxylic acids is 1. The Morgan fingerprint density at radius 1 is 1.16 bits per heavy atom. The lowest BCUT2D eigenvalue weighted by Crippen LogP contribution is -2.37. The van der Waals surface area contributed by atoms with Gasteiger partial charge in [-0.1, -0.05) is 18.2 Å². The fourth-order valence-electron chi connectivity index (χ4n) is 2.70. The molecule has 2 heterocycles. The molecule has 1 atom stereocenters. The first-order valence-electron chi connectivity index (χ1n) is 8.93. The van der Waals surface area contributed by atoms with Crippen molar-refractivity contribution in [1.29, 1.82) is 0 Å². The van der Waals surface area contributed by atoms with Gasteiger partial charge in [-0.05, 0) is 31.5 Å². The lowest BCUT2D eigenvalue weighted by Gasteiger charge is -2.11. The first kappa shape index (κ1) is 24.2. The Hall–Kier alpha value is -3.09. The predicted octanol–water partition coefficient (Wildman–Crippen LogP) is 3.01. The van der Waals surface area contributed by atoms with E-state index in [1.54, 1.807) is 30.3 Å². The van der Waals surface area contributed by atoms with Crippen molar-refractivity contribution in [3.63, 3.8) is 0 Å². The standard InChI is InChI=1S/C16H17F3N4O.C2HF3O2/c17-16(18,19)14-13(15(24)21-9-11-5-4-8-20-11)10-23(22-14)12-6-2-1-3-7-12;3-2(4,5)1(6)7/h1-3,6-7,10-11,20H,4-5,8-9H2,(H,21,24);(H,6,7). The Balaban J connectivity index is 0.000000423. The highest BCUT2D eigenvalue weighted by Crippen LogP contribution is 2.31. The van der Waals surface area contributed by atoms with Crippen LogP contribution in [-0.2, 0) is 11.0 Å². The van der Waals surface area contributed by atoms with E-state index in [1.165, 1.54) is 0 Å². The van der Waals surface area contributed by atoms with Crippen molar-refractivity contribution in [3.05, 3.63) is 47.8 Å². The van der Waals surface area contributed by atoms with Crippen molar-refractivity contribution in [2.24, 2.45) is 0 Å². The van der Waals surface area contributed by atoms with Gasteiger partial charge in [-0.3, -0.25) is 4.79 Å². The van der Waals surface area contributed by atoms with E-state index in [9.17, 15) is 31.1 Å². The molecule has 1 amide bonds. The van der Waals surface area contributed by atoms with Crippen molar-refractivity contribution in [3.8, 4) is 5.69 Å². The molecule has 7 nitrogen and oxygen atoms in total. The van der Waals surface area contributed by atoms with Crippen LogP contribution in [0.5, 0.6) is 0 Å². The number of rotatable bonds is 4. The number of amides is 1. The van der Waals surface area contributed by atoms with Crippen molar-refractivity contribution >= 4 is 11.9 Å². The smallest absolute Gasteiger partial charge is 0.475 e. The SMILES string of the molecule is O=C(NCC1CCCN1)c1cn(-c2ccccc2)nc1C(F)(F)F.O=C(O)C(F)(F)F. The summed E-state index contributed by atoms with van der Waals surface area (Å²) >= 11 is 0. The quantitative estimate of drug-likeness (QED) is 0.620. The lowest BCUT2D eigenvalue weighted by molar-refractivity contribution is -0.192. The first-order chi connectivity index (χ1) is 14.4. The van der Waals surface area contributed by atoms with E-state index < -0.39 is 35.5 Å². The summed E-state index contributed by atoms with van der Waals surface area (Å²) in [5, 5.41) is 16.4. The van der Waals surface area contributed by atoms with Gasteiger partial charge in [0.25, 0.3) is 5.91 Å². The molecule has 0 saturated carbocycles. The summed E-state index contributed by atoms with van der Waals surface area (Å²) in [4.78, 5) is 21.1. The number of aromatic nitrogens is 2. The summed E-state index contributed by atoms with van der Waals surface area (Å²) in [5.74, 6) is -3.52. The van der Waals surface area contributed by atoms with Crippen LogP contribution in [0.4, 0.5) is 26.3 Å². The van der Waals surface area contributed by atoms with Gasteiger partial charge < -0.3 is 15.7 Å². The topological polar surface area (TPSA) is 96.3 Å². The summed E-state index contributed by atoms with van der Waals surface area (Å²) < 4.78 is 72.4. The minimum Gasteiger partial charge on any atom is -0.475 e. The average Bonchev–Trinajstić information content (AvgIpc) is 3.36. The average molecular weight is 452 g/mol. The number of hydrogen-bond acceptors (Lipinski definition) is 4. The fraction of sp³-hybridized carbons (Fsp3) is 0.389. The van der Waals surface area contributed by atoms with Gasteiger partial charge in [-0.15, -0.1) is 0 Å². The molecule has 170 valence electrons. The molecule has 1 aromatic heterocycles. The van der Waals surface area contributed by atoms with E-state index in [-0.39, 0.29) is 6.04 Å². The van der Waals surface area contributed by atoms with Gasteiger partial charge in [0.2, 0.25) is 0 Å². The number of benzene rings is 1. The maximum absolute atomic E-state index is 13.2. The molecule has 13 heteroatoms. The van der Waals surface area contributed by atoms with Gasteiger partial charge in [0.15, 0.2) is 5.69 Å². The zero-order chi connectivity index (χ0) is 23.2. The van der Waals surface area contributed by atoms with E-state index in [4.69, 9.17) is 9.90 Å². The second-order valence-electron chi connectivity index (χ2n) is 6.48. The molecule has 1 aromatic carbocycles. The second kappa shape index (κ2) is 9.81. The Kier molecular flexibility index (Phi) is 7.65. The van der Waals surface area contributed by atoms with Gasteiger partial charge in [-0.2, -0.15) is 31.4 Å². The van der Waals surface area contributed by atoms with Crippen LogP contribution in [0.2, 0.25) is 0 Å². The molecule has 1 saturated heterocycles. The summed E-state index contributed by atoms with van der Waals surface area (Å²) in [6, 6.07) is 8.48. The van der Waals surface area contributed by atoms with Crippen LogP contribution < -0.4 is 10.6 Å². The molecule has 3 rings (SSSR count). The molecule has 1 aliphatic heterocycles. The minimum absolute atomic E-state index is 0.104. The van der Waals surface area contributed by atoms with Gasteiger partial charge in [0.05, 0.1) is 11.3 Å². The van der Waals surface area contributed by atoms with Crippen molar-refractivity contribution in [2.75, 3.05) is 13.1 Å². The molecular weight excluding hydrogens is 434 g/mol. The zero-order valence-electron chi connectivity index (χ0n) is 15.8. The molecule has 1 aliphatic rings. The third-order valence-electron chi connectivity index (χ3n) is 4.16. The number of nitrogens with zero attached hydrogens (tertiary/aromatic N) is 2. The van der Waals surface area contributed by atoms with E-state index in [2.05, 4.69) is 15.7 Å². The monoisotopic (exact) mass is 452 g/mol. The molecule has 31 heavy (non-hydrogen) atoms. The predicted molar refractivity (Wildman–Crippen MR) is 95.6 cm³/mol. The van der Waals surface area contributed by atoms with Crippen molar-refractivity contribution < 1.29 is 41.0 Å². The van der Waals surface area contributed by atoms with Crippen molar-refractivity contribution in [1.82, 2.24) is 20.4 Å². The molecule has 0 bridgehead atoms. The molecule has 1 unspecified atom stereocenters. The summed E-state index contributed by atoms with van der Waals surface area (Å²) in [7, 11) is 0. The highest BCUT2D eigenvalue weighted by molar-refractivity contribution is 5.95. The number of hydrogen-bond donors (Lipinski definition) is 3. The van der Waals surface area contributed by atoms with Crippen LogP contribution in [0.15, 0.2) is 36.5 Å². The minimum atomic E-state index is -5.08. The normalized spacial score (nSPS) is 16.4. The van der Waals surface area contributed by atoms with Gasteiger partial charge in [-0.25, -0.2) is 9.48 Å². The maximum atomic E-state index is 13.2. The van der Waals surface area contributed by atoms with Gasteiger partial charge in [0, 0.05) is 18.8 Å². The van der Waals surface area contributed by atoms with Crippen LogP contribution in [0.1, 0.15) is 28.9 Å². The van der Waals surface area contributed by atoms with Crippen molar-refractivity contribution in [2.45, 2.75) is 31.2 Å². The van der Waals surface area contributed by atoms with E-state index in [1.807, 2.05) is 0 Å². The van der Waals surface area contributed by atoms with Crippen LogP contribution in [0.25, 0.3) is 5.69 Å². The zero-order valence-corrected chi connectivity index (χ0v) is 15.8. The fourth-order valence-corrected chi connectivity index (χ4v) is 2.70. The number of nitrogens with one attached hydrogen (secondary N) is 2. The number of alkyl halides is 6. The first-order valence-corrected chi connectivity index (χ1v) is 8.93. The third-order valence-corrected chi connectivity index (χ3v) is 4.16. The molecule has 0 aliphatic carbocycles. The molecule has 0 spiro atoms. The van der Waals surface area contributed by atoms with Crippen LogP contribution in [-0.4, -0.2) is 52.1 Å².